The van der Waals surface area contributed by atoms with Gasteiger partial charge in [-0.3, -0.25) is 15.8 Å². The molecule has 146 valence electrons. The van der Waals surface area contributed by atoms with Crippen LogP contribution in [0.25, 0.3) is 5.70 Å². The normalized spacial score (nSPS) is 18.9. The summed E-state index contributed by atoms with van der Waals surface area (Å²) in [6.45, 7) is 6.01. The molecule has 0 amide bonds. The molecular weight excluding hydrogens is 350 g/mol. The minimum atomic E-state index is 0.240. The zero-order valence-electron chi connectivity index (χ0n) is 16.1. The standard InChI is InChI=1S/C22H27N5O/c1-16(17-7-3-2-4-8-17)26-11-13-27(14-12-26)20-15-19(24-25-22(20)23)18-9-5-6-10-21(18)28/h2-10,15-16,24-25,28H,11-14,23H2,1H3. The van der Waals surface area contributed by atoms with Gasteiger partial charge in [0.25, 0.3) is 0 Å². The summed E-state index contributed by atoms with van der Waals surface area (Å²) in [5, 5.41) is 10.2. The predicted octanol–water partition coefficient (Wildman–Crippen LogP) is 2.35. The van der Waals surface area contributed by atoms with E-state index in [0.717, 1.165) is 43.1 Å². The fraction of sp³-hybridized carbons (Fsp3) is 0.273. The van der Waals surface area contributed by atoms with Crippen molar-refractivity contribution in [2.75, 3.05) is 26.2 Å². The van der Waals surface area contributed by atoms with Crippen LogP contribution in [-0.2, 0) is 0 Å². The lowest BCUT2D eigenvalue weighted by atomic mass is 10.1. The topological polar surface area (TPSA) is 76.8 Å². The molecule has 5 N–H and O–H groups in total. The molecule has 0 spiro atoms. The van der Waals surface area contributed by atoms with E-state index in [4.69, 9.17) is 5.73 Å². The van der Waals surface area contributed by atoms with E-state index in [9.17, 15) is 5.11 Å². The maximum Gasteiger partial charge on any atom is 0.139 e. The molecule has 0 aromatic heterocycles. The highest BCUT2D eigenvalue weighted by Crippen LogP contribution is 2.28. The van der Waals surface area contributed by atoms with Gasteiger partial charge in [0, 0.05) is 37.8 Å². The number of hydrogen-bond donors (Lipinski definition) is 4. The number of phenols is 1. The maximum atomic E-state index is 10.2. The molecule has 6 heteroatoms. The SMILES string of the molecule is CC(c1ccccc1)N1CCN(C2=C(N)NNC(c3ccccc3O)=C2)CC1. The summed E-state index contributed by atoms with van der Waals surface area (Å²) in [6.07, 6.45) is 2.01. The molecule has 1 atom stereocenters. The van der Waals surface area contributed by atoms with Crippen molar-refractivity contribution in [3.8, 4) is 5.75 Å². The Labute approximate surface area is 165 Å². The molecule has 1 unspecified atom stereocenters. The first-order valence-electron chi connectivity index (χ1n) is 9.69. The number of phenolic OH excluding ortho intramolecular Hbond substituents is 1. The highest BCUT2D eigenvalue weighted by atomic mass is 16.3. The van der Waals surface area contributed by atoms with E-state index in [1.165, 1.54) is 5.56 Å². The van der Waals surface area contributed by atoms with Gasteiger partial charge in [0.2, 0.25) is 0 Å². The third kappa shape index (κ3) is 3.64. The Morgan fingerprint density at radius 2 is 1.61 bits per heavy atom. The molecule has 6 nitrogen and oxygen atoms in total. The fourth-order valence-corrected chi connectivity index (χ4v) is 3.85. The van der Waals surface area contributed by atoms with Crippen molar-refractivity contribution in [1.82, 2.24) is 20.7 Å². The molecule has 1 saturated heterocycles. The summed E-state index contributed by atoms with van der Waals surface area (Å²) in [7, 11) is 0. The van der Waals surface area contributed by atoms with E-state index in [2.05, 4.69) is 57.9 Å². The molecule has 2 aromatic carbocycles. The van der Waals surface area contributed by atoms with Gasteiger partial charge in [-0.25, -0.2) is 0 Å². The van der Waals surface area contributed by atoms with Gasteiger partial charge in [-0.1, -0.05) is 42.5 Å². The van der Waals surface area contributed by atoms with Crippen molar-refractivity contribution >= 4 is 5.70 Å². The first-order chi connectivity index (χ1) is 13.6. The molecule has 2 aliphatic rings. The van der Waals surface area contributed by atoms with Gasteiger partial charge >= 0.3 is 0 Å². The van der Waals surface area contributed by atoms with Gasteiger partial charge in [0.1, 0.15) is 11.6 Å². The molecule has 2 aliphatic heterocycles. The van der Waals surface area contributed by atoms with Gasteiger partial charge in [-0.05, 0) is 30.7 Å². The van der Waals surface area contributed by atoms with Crippen molar-refractivity contribution in [2.24, 2.45) is 5.73 Å². The number of aromatic hydroxyl groups is 1. The van der Waals surface area contributed by atoms with E-state index >= 15 is 0 Å². The van der Waals surface area contributed by atoms with Crippen molar-refractivity contribution in [2.45, 2.75) is 13.0 Å². The Bertz CT molecular complexity index is 885. The van der Waals surface area contributed by atoms with Crippen LogP contribution in [0.3, 0.4) is 0 Å². The van der Waals surface area contributed by atoms with Crippen LogP contribution < -0.4 is 16.6 Å². The second-order valence-corrected chi connectivity index (χ2v) is 7.23. The lowest BCUT2D eigenvalue weighted by molar-refractivity contribution is 0.124. The second-order valence-electron chi connectivity index (χ2n) is 7.23. The van der Waals surface area contributed by atoms with E-state index in [1.54, 1.807) is 6.07 Å². The Balaban J connectivity index is 1.47. The Morgan fingerprint density at radius 1 is 0.929 bits per heavy atom. The second kappa shape index (κ2) is 7.86. The summed E-state index contributed by atoms with van der Waals surface area (Å²) >= 11 is 0. The largest absolute Gasteiger partial charge is 0.507 e. The average Bonchev–Trinajstić information content (AvgIpc) is 2.75. The van der Waals surface area contributed by atoms with Crippen LogP contribution in [0.1, 0.15) is 24.1 Å². The van der Waals surface area contributed by atoms with Crippen molar-refractivity contribution < 1.29 is 5.11 Å². The third-order valence-corrected chi connectivity index (χ3v) is 5.57. The summed E-state index contributed by atoms with van der Waals surface area (Å²) in [4.78, 5) is 4.81. The number of nitrogens with two attached hydrogens (primary N) is 1. The smallest absolute Gasteiger partial charge is 0.139 e. The molecule has 1 fully saturated rings. The first kappa shape index (κ1) is 18.3. The highest BCUT2D eigenvalue weighted by Gasteiger charge is 2.25. The number of para-hydroxylation sites is 1. The van der Waals surface area contributed by atoms with Gasteiger partial charge in [0.15, 0.2) is 0 Å². The van der Waals surface area contributed by atoms with E-state index in [-0.39, 0.29) is 5.75 Å². The first-order valence-corrected chi connectivity index (χ1v) is 9.69. The fourth-order valence-electron chi connectivity index (χ4n) is 3.85. The average molecular weight is 377 g/mol. The van der Waals surface area contributed by atoms with Gasteiger partial charge in [-0.15, -0.1) is 0 Å². The number of hydrogen-bond acceptors (Lipinski definition) is 6. The van der Waals surface area contributed by atoms with Crippen molar-refractivity contribution in [3.05, 3.63) is 83.3 Å². The number of nitrogens with one attached hydrogen (secondary N) is 2. The van der Waals surface area contributed by atoms with Crippen LogP contribution in [-0.4, -0.2) is 41.1 Å². The molecule has 0 aliphatic carbocycles. The highest BCUT2D eigenvalue weighted by molar-refractivity contribution is 5.71. The van der Waals surface area contributed by atoms with Gasteiger partial charge < -0.3 is 15.7 Å². The van der Waals surface area contributed by atoms with Crippen LogP contribution in [0, 0.1) is 0 Å². The molecule has 4 rings (SSSR count). The quantitative estimate of drug-likeness (QED) is 0.655. The molecular formula is C22H27N5O. The van der Waals surface area contributed by atoms with E-state index < -0.39 is 0 Å². The van der Waals surface area contributed by atoms with Crippen LogP contribution in [0.5, 0.6) is 5.75 Å². The molecule has 0 bridgehead atoms. The lowest BCUT2D eigenvalue weighted by Gasteiger charge is -2.40. The molecule has 28 heavy (non-hydrogen) atoms. The number of nitrogens with zero attached hydrogens (tertiary/aromatic N) is 2. The van der Waals surface area contributed by atoms with E-state index in [0.29, 0.717) is 11.9 Å². The summed E-state index contributed by atoms with van der Waals surface area (Å²) in [5.41, 5.74) is 16.2. The van der Waals surface area contributed by atoms with Crippen LogP contribution in [0.4, 0.5) is 0 Å². The maximum absolute atomic E-state index is 10.2. The summed E-state index contributed by atoms with van der Waals surface area (Å²) < 4.78 is 0. The molecule has 0 saturated carbocycles. The van der Waals surface area contributed by atoms with Crippen LogP contribution in [0.2, 0.25) is 0 Å². The Kier molecular flexibility index (Phi) is 5.12. The van der Waals surface area contributed by atoms with Crippen LogP contribution >= 0.6 is 0 Å². The number of piperazine rings is 1. The van der Waals surface area contributed by atoms with Crippen LogP contribution in [0.15, 0.2) is 72.2 Å². The minimum absolute atomic E-state index is 0.240. The van der Waals surface area contributed by atoms with Crippen molar-refractivity contribution in [3.63, 3.8) is 0 Å². The monoisotopic (exact) mass is 377 g/mol. The lowest BCUT2D eigenvalue weighted by Crippen LogP contribution is -2.49. The third-order valence-electron chi connectivity index (χ3n) is 5.57. The summed E-state index contributed by atoms with van der Waals surface area (Å²) in [6, 6.07) is 18.3. The zero-order chi connectivity index (χ0) is 19.5. The zero-order valence-corrected chi connectivity index (χ0v) is 16.1. The number of hydrazine groups is 1. The summed E-state index contributed by atoms with van der Waals surface area (Å²) in [5.74, 6) is 0.841. The van der Waals surface area contributed by atoms with Crippen molar-refractivity contribution in [1.29, 1.82) is 0 Å². The van der Waals surface area contributed by atoms with Gasteiger partial charge in [-0.2, -0.15) is 0 Å². The molecule has 2 aromatic rings. The minimum Gasteiger partial charge on any atom is -0.507 e. The van der Waals surface area contributed by atoms with E-state index in [1.807, 2.05) is 24.3 Å². The van der Waals surface area contributed by atoms with Gasteiger partial charge in [0.05, 0.1) is 11.4 Å². The number of rotatable bonds is 4. The Hall–Kier alpha value is -3.12. The Morgan fingerprint density at radius 3 is 2.32 bits per heavy atom. The number of benzene rings is 2. The molecule has 2 heterocycles. The number of allylic oxidation sites excluding steroid dienone is 1. The predicted molar refractivity (Wildman–Crippen MR) is 112 cm³/mol. The molecule has 0 radical (unpaired) electrons.